The molecule has 0 bridgehead atoms. The molecule has 0 spiro atoms. The maximum atomic E-state index is 2.91. The summed E-state index contributed by atoms with van der Waals surface area (Å²) < 4.78 is 0. The summed E-state index contributed by atoms with van der Waals surface area (Å²) >= 11 is 4.87. The molecule has 0 rings (SSSR count). The van der Waals surface area contributed by atoms with Crippen LogP contribution in [0.15, 0.2) is 0 Å². The monoisotopic (exact) mass is 370 g/mol. The molecule has 0 aliphatic heterocycles. The van der Waals surface area contributed by atoms with Gasteiger partial charge < -0.3 is 0 Å². The molecule has 0 aromatic heterocycles. The van der Waals surface area contributed by atoms with Gasteiger partial charge in [0.2, 0.25) is 0 Å². The maximum Gasteiger partial charge on any atom is 0.00711 e. The Morgan fingerprint density at radius 2 is 1.25 bits per heavy atom. The van der Waals surface area contributed by atoms with Crippen molar-refractivity contribution in [1.29, 1.82) is 0 Å². The first-order valence-corrected chi connectivity index (χ1v) is 4.98. The molecule has 0 radical (unpaired) electrons. The molecule has 0 heterocycles. The van der Waals surface area contributed by atoms with E-state index in [1.807, 2.05) is 20.4 Å². The summed E-state index contributed by atoms with van der Waals surface area (Å²) in [5.41, 5.74) is 0. The predicted molar refractivity (Wildman–Crippen MR) is 45.6 cm³/mol. The van der Waals surface area contributed by atoms with E-state index < -0.39 is 0 Å². The van der Waals surface area contributed by atoms with Crippen LogP contribution in [-0.2, 0) is 0 Å². The SMILES string of the molecule is BrI.Cl.I. The zero-order valence-corrected chi connectivity index (χ0v) is 8.46. The molecule has 0 aromatic rings. The highest BCUT2D eigenvalue weighted by Crippen LogP contribution is 1.87. The van der Waals surface area contributed by atoms with Crippen molar-refractivity contribution in [2.45, 2.75) is 0 Å². The summed E-state index contributed by atoms with van der Waals surface area (Å²) in [7, 11) is 0. The first-order chi connectivity index (χ1) is 1.00. The van der Waals surface area contributed by atoms with E-state index in [1.54, 1.807) is 0 Å². The van der Waals surface area contributed by atoms with Crippen molar-refractivity contribution in [2.24, 2.45) is 0 Å². The Bertz CT molecular complexity index is 6.00. The van der Waals surface area contributed by atoms with Gasteiger partial charge >= 0.3 is 0 Å². The van der Waals surface area contributed by atoms with Gasteiger partial charge in [0.05, 0.1) is 0 Å². The van der Waals surface area contributed by atoms with Gasteiger partial charge in [-0.25, -0.2) is 0 Å². The van der Waals surface area contributed by atoms with Crippen LogP contribution in [-0.4, -0.2) is 0 Å². The Kier molecular flexibility index (Phi) is 76.8. The molecule has 0 unspecified atom stereocenters. The summed E-state index contributed by atoms with van der Waals surface area (Å²) in [6, 6.07) is 0. The normalized spacial score (nSPS) is 1.50. The van der Waals surface area contributed by atoms with E-state index in [0.717, 1.165) is 0 Å². The molecule has 0 N–H and O–H groups in total. The summed E-state index contributed by atoms with van der Waals surface area (Å²) in [5.74, 6) is 0. The quantitative estimate of drug-likeness (QED) is 0.575. The highest BCUT2D eigenvalue weighted by atomic mass is 127. The van der Waals surface area contributed by atoms with Crippen molar-refractivity contribution in [3.05, 3.63) is 0 Å². The van der Waals surface area contributed by atoms with Crippen LogP contribution in [0.2, 0.25) is 0 Å². The first-order valence-electron chi connectivity index (χ1n) is 0.143. The van der Waals surface area contributed by atoms with Gasteiger partial charge in [-0.15, -0.1) is 36.4 Å². The van der Waals surface area contributed by atoms with Gasteiger partial charge in [-0.3, -0.25) is 0 Å². The minimum Gasteiger partial charge on any atom is -0.147 e. The summed E-state index contributed by atoms with van der Waals surface area (Å²) in [6.07, 6.45) is 0. The fraction of sp³-hybridized carbons (Fsp3) is 0. The van der Waals surface area contributed by atoms with Crippen LogP contribution in [0.4, 0.5) is 0 Å². The number of rotatable bonds is 0. The number of halogens is 4. The molecule has 0 saturated heterocycles. The lowest BCUT2D eigenvalue weighted by molar-refractivity contribution is 5.85. The minimum atomic E-state index is 0. The number of hydrogen-bond acceptors (Lipinski definition) is 0. The van der Waals surface area contributed by atoms with Gasteiger partial charge in [0, 0.05) is 20.4 Å². The van der Waals surface area contributed by atoms with Crippen molar-refractivity contribution in [1.82, 2.24) is 0 Å². The molecule has 0 atom stereocenters. The predicted octanol–water partition coefficient (Wildman–Crippen LogP) is 2.77. The van der Waals surface area contributed by atoms with E-state index in [0.29, 0.717) is 0 Å². The molecular weight excluding hydrogens is 369 g/mol. The third-order valence-electron chi connectivity index (χ3n) is 0. The van der Waals surface area contributed by atoms with Crippen LogP contribution < -0.4 is 0 Å². The highest BCUT2D eigenvalue weighted by molar-refractivity contribution is 14.2. The van der Waals surface area contributed by atoms with Gasteiger partial charge in [0.15, 0.2) is 0 Å². The van der Waals surface area contributed by atoms with E-state index in [1.165, 1.54) is 0 Å². The van der Waals surface area contributed by atoms with Gasteiger partial charge in [0.1, 0.15) is 0 Å². The van der Waals surface area contributed by atoms with Gasteiger partial charge in [0.25, 0.3) is 0 Å². The van der Waals surface area contributed by atoms with Crippen LogP contribution in [0.3, 0.4) is 0 Å². The minimum absolute atomic E-state index is 0. The smallest absolute Gasteiger partial charge is 0.00711 e. The van der Waals surface area contributed by atoms with E-state index in [4.69, 9.17) is 0 Å². The second-order valence-corrected chi connectivity index (χ2v) is 0. The average molecular weight is 371 g/mol. The van der Waals surface area contributed by atoms with Crippen LogP contribution in [0, 0.1) is 0 Å². The first kappa shape index (κ1) is 16.3. The molecule has 0 nitrogen and oxygen atoms in total. The lowest BCUT2D eigenvalue weighted by Gasteiger charge is -1.00. The lowest BCUT2D eigenvalue weighted by atomic mass is 35.5. The van der Waals surface area contributed by atoms with Crippen molar-refractivity contribution < 1.29 is 0 Å². The summed E-state index contributed by atoms with van der Waals surface area (Å²) in [6.45, 7) is 0. The maximum absolute atomic E-state index is 2.91. The third-order valence-corrected chi connectivity index (χ3v) is 0. The van der Waals surface area contributed by atoms with Gasteiger partial charge in [-0.05, 0) is 12.7 Å². The Labute approximate surface area is 68.4 Å². The van der Waals surface area contributed by atoms with Gasteiger partial charge in [-0.1, -0.05) is 0 Å². The van der Waals surface area contributed by atoms with Gasteiger partial charge in [-0.2, -0.15) is 0 Å². The average Bonchev–Trinajstić information content (AvgIpc) is 1.00. The van der Waals surface area contributed by atoms with Crippen molar-refractivity contribution >= 4 is 69.4 Å². The third kappa shape index (κ3) is 8.87. The zero-order valence-electron chi connectivity index (χ0n) is 1.57. The molecule has 0 fully saturated rings. The number of hydrogen-bond donors (Lipinski definition) is 0. The summed E-state index contributed by atoms with van der Waals surface area (Å²) in [5, 5.41) is 0. The zero-order chi connectivity index (χ0) is 2.00. The van der Waals surface area contributed by atoms with Crippen LogP contribution >= 0.6 is 69.4 Å². The van der Waals surface area contributed by atoms with E-state index in [2.05, 4.69) is 12.7 Å². The molecule has 4 heteroatoms. The molecule has 0 aromatic carbocycles. The van der Waals surface area contributed by atoms with Crippen LogP contribution in [0.5, 0.6) is 0 Å². The molecule has 0 amide bonds. The van der Waals surface area contributed by atoms with Crippen molar-refractivity contribution in [3.63, 3.8) is 0 Å². The lowest BCUT2D eigenvalue weighted by Crippen LogP contribution is -0.135. The second kappa shape index (κ2) is 18.8. The molecule has 0 aliphatic carbocycles. The fourth-order valence-corrected chi connectivity index (χ4v) is 0. The molecule has 0 saturated carbocycles. The van der Waals surface area contributed by atoms with Crippen LogP contribution in [0.1, 0.15) is 0 Å². The molecule has 30 valence electrons. The van der Waals surface area contributed by atoms with E-state index >= 15 is 0 Å². The molecular formula is H2BrClI2. The highest BCUT2D eigenvalue weighted by Gasteiger charge is 1.00. The molecule has 0 aliphatic rings. The van der Waals surface area contributed by atoms with E-state index in [9.17, 15) is 0 Å². The van der Waals surface area contributed by atoms with Crippen LogP contribution in [0.25, 0.3) is 0 Å². The largest absolute Gasteiger partial charge is 0.147 e. The van der Waals surface area contributed by atoms with E-state index in [-0.39, 0.29) is 36.4 Å². The Hall–Kier alpha value is 2.23. The summed E-state index contributed by atoms with van der Waals surface area (Å²) in [4.78, 5) is 0. The Morgan fingerprint density at radius 3 is 1.25 bits per heavy atom. The Balaban J connectivity index is -0.00000000500. The Morgan fingerprint density at radius 1 is 1.25 bits per heavy atom. The topological polar surface area (TPSA) is 0 Å². The second-order valence-electron chi connectivity index (χ2n) is 0. The standard InChI is InChI=1S/BrI.ClH.HI/c1-2;;/h;2*1H. The van der Waals surface area contributed by atoms with Crippen molar-refractivity contribution in [2.75, 3.05) is 0 Å². The fourth-order valence-electron chi connectivity index (χ4n) is 0. The van der Waals surface area contributed by atoms with Crippen molar-refractivity contribution in [3.8, 4) is 0 Å². The molecule has 4 heavy (non-hydrogen) atoms.